The van der Waals surface area contributed by atoms with Crippen LogP contribution in [-0.4, -0.2) is 16.6 Å². The molecule has 0 spiro atoms. The minimum atomic E-state index is 0.785. The summed E-state index contributed by atoms with van der Waals surface area (Å²) >= 11 is 5.61. The molecule has 2 nitrogen and oxygen atoms in total. The zero-order valence-electron chi connectivity index (χ0n) is 13.6. The number of nitrogens with zero attached hydrogens (tertiary/aromatic N) is 1. The van der Waals surface area contributed by atoms with E-state index in [-0.39, 0.29) is 0 Å². The first kappa shape index (κ1) is 16.5. The second-order valence-electron chi connectivity index (χ2n) is 5.71. The van der Waals surface area contributed by atoms with Crippen molar-refractivity contribution < 1.29 is 0 Å². The molecule has 0 aliphatic rings. The van der Waals surface area contributed by atoms with Crippen molar-refractivity contribution in [2.75, 3.05) is 11.9 Å². The lowest BCUT2D eigenvalue weighted by Crippen LogP contribution is -2.34. The van der Waals surface area contributed by atoms with E-state index >= 15 is 0 Å². The van der Waals surface area contributed by atoms with Crippen LogP contribution in [-0.2, 0) is 6.54 Å². The molecule has 22 heavy (non-hydrogen) atoms. The monoisotopic (exact) mass is 312 g/mol. The summed E-state index contributed by atoms with van der Waals surface area (Å²) in [5.74, 6) is 0. The Labute approximate surface area is 139 Å². The molecule has 3 heteroatoms. The van der Waals surface area contributed by atoms with Crippen LogP contribution in [0.2, 0.25) is 0 Å². The maximum atomic E-state index is 5.61. The van der Waals surface area contributed by atoms with E-state index in [1.165, 1.54) is 16.7 Å². The molecule has 0 aromatic heterocycles. The van der Waals surface area contributed by atoms with Crippen molar-refractivity contribution in [3.05, 3.63) is 65.2 Å². The van der Waals surface area contributed by atoms with Crippen LogP contribution in [0.25, 0.3) is 0 Å². The number of thiocarbonyl (C=S) groups is 1. The Morgan fingerprint density at radius 3 is 2.41 bits per heavy atom. The molecule has 0 saturated heterocycles. The van der Waals surface area contributed by atoms with Gasteiger partial charge in [-0.15, -0.1) is 0 Å². The Hall–Kier alpha value is -1.87. The van der Waals surface area contributed by atoms with Crippen molar-refractivity contribution in [1.29, 1.82) is 0 Å². The third-order valence-electron chi connectivity index (χ3n) is 3.54. The van der Waals surface area contributed by atoms with E-state index in [4.69, 9.17) is 12.2 Å². The minimum absolute atomic E-state index is 0.785. The summed E-state index contributed by atoms with van der Waals surface area (Å²) in [7, 11) is 0. The van der Waals surface area contributed by atoms with Gasteiger partial charge in [-0.2, -0.15) is 0 Å². The van der Waals surface area contributed by atoms with Crippen LogP contribution in [0.3, 0.4) is 0 Å². The minimum Gasteiger partial charge on any atom is -0.345 e. The van der Waals surface area contributed by atoms with Gasteiger partial charge < -0.3 is 10.2 Å². The van der Waals surface area contributed by atoms with Crippen LogP contribution in [0.5, 0.6) is 0 Å². The molecule has 1 N–H and O–H groups in total. The summed E-state index contributed by atoms with van der Waals surface area (Å²) in [4.78, 5) is 2.22. The highest BCUT2D eigenvalue weighted by atomic mass is 32.1. The number of hydrogen-bond donors (Lipinski definition) is 1. The van der Waals surface area contributed by atoms with Crippen LogP contribution in [0.15, 0.2) is 48.5 Å². The molecule has 0 saturated carbocycles. The fraction of sp³-hybridized carbons (Fsp3) is 0.316. The fourth-order valence-corrected chi connectivity index (χ4v) is 2.64. The number of nitrogens with one attached hydrogen (secondary N) is 1. The average Bonchev–Trinajstić information content (AvgIpc) is 2.49. The lowest BCUT2D eigenvalue weighted by molar-refractivity contribution is 0.418. The zero-order valence-corrected chi connectivity index (χ0v) is 14.4. The largest absolute Gasteiger partial charge is 0.345 e. The van der Waals surface area contributed by atoms with Gasteiger partial charge in [0.25, 0.3) is 0 Å². The SMILES string of the molecule is CCCN(Cc1ccc(C)cc1)C(=S)Nc1cccc(C)c1. The lowest BCUT2D eigenvalue weighted by atomic mass is 10.1. The van der Waals surface area contributed by atoms with E-state index in [0.29, 0.717) is 0 Å². The summed E-state index contributed by atoms with van der Waals surface area (Å²) in [6.07, 6.45) is 1.07. The van der Waals surface area contributed by atoms with Gasteiger partial charge in [0, 0.05) is 18.8 Å². The van der Waals surface area contributed by atoms with Crippen LogP contribution >= 0.6 is 12.2 Å². The Morgan fingerprint density at radius 1 is 1.05 bits per heavy atom. The van der Waals surface area contributed by atoms with Gasteiger partial charge >= 0.3 is 0 Å². The van der Waals surface area contributed by atoms with E-state index < -0.39 is 0 Å². The van der Waals surface area contributed by atoms with Gasteiger partial charge in [0.15, 0.2) is 5.11 Å². The third kappa shape index (κ3) is 4.85. The second kappa shape index (κ2) is 7.95. The summed E-state index contributed by atoms with van der Waals surface area (Å²) in [5.41, 5.74) is 4.85. The Bertz CT molecular complexity index is 620. The van der Waals surface area contributed by atoms with Gasteiger partial charge in [-0.25, -0.2) is 0 Å². The summed E-state index contributed by atoms with van der Waals surface area (Å²) < 4.78 is 0. The molecular weight excluding hydrogens is 288 g/mol. The first-order valence-corrected chi connectivity index (χ1v) is 8.17. The van der Waals surface area contributed by atoms with Crippen molar-refractivity contribution >= 4 is 23.0 Å². The molecule has 2 aromatic carbocycles. The molecular formula is C19H24N2S. The first-order valence-electron chi connectivity index (χ1n) is 7.76. The number of rotatable bonds is 5. The molecule has 0 heterocycles. The van der Waals surface area contributed by atoms with E-state index in [1.54, 1.807) is 0 Å². The van der Waals surface area contributed by atoms with Crippen LogP contribution in [0, 0.1) is 13.8 Å². The molecule has 2 rings (SSSR count). The molecule has 0 aliphatic carbocycles. The number of hydrogen-bond acceptors (Lipinski definition) is 1. The fourth-order valence-electron chi connectivity index (χ4n) is 2.36. The van der Waals surface area contributed by atoms with Crippen molar-refractivity contribution in [2.24, 2.45) is 0 Å². The van der Waals surface area contributed by atoms with Gasteiger partial charge in [0.05, 0.1) is 0 Å². The Kier molecular flexibility index (Phi) is 5.96. The van der Waals surface area contributed by atoms with E-state index in [1.807, 2.05) is 6.07 Å². The molecule has 116 valence electrons. The van der Waals surface area contributed by atoms with Gasteiger partial charge in [0.1, 0.15) is 0 Å². The highest BCUT2D eigenvalue weighted by Gasteiger charge is 2.10. The molecule has 2 aromatic rings. The molecule has 0 aliphatic heterocycles. The maximum Gasteiger partial charge on any atom is 0.173 e. The van der Waals surface area contributed by atoms with Crippen molar-refractivity contribution in [3.63, 3.8) is 0 Å². The van der Waals surface area contributed by atoms with Crippen molar-refractivity contribution in [3.8, 4) is 0 Å². The first-order chi connectivity index (χ1) is 10.6. The molecule has 0 radical (unpaired) electrons. The lowest BCUT2D eigenvalue weighted by Gasteiger charge is -2.25. The van der Waals surface area contributed by atoms with Crippen molar-refractivity contribution in [1.82, 2.24) is 4.90 Å². The van der Waals surface area contributed by atoms with Gasteiger partial charge in [-0.3, -0.25) is 0 Å². The van der Waals surface area contributed by atoms with E-state index in [0.717, 1.165) is 30.3 Å². The van der Waals surface area contributed by atoms with Gasteiger partial charge in [-0.1, -0.05) is 48.9 Å². The normalized spacial score (nSPS) is 10.3. The highest BCUT2D eigenvalue weighted by Crippen LogP contribution is 2.13. The quantitative estimate of drug-likeness (QED) is 0.790. The molecule has 0 atom stereocenters. The predicted octanol–water partition coefficient (Wildman–Crippen LogP) is 4.91. The average molecular weight is 312 g/mol. The molecule has 0 amide bonds. The number of aryl methyl sites for hydroxylation is 2. The smallest absolute Gasteiger partial charge is 0.173 e. The predicted molar refractivity (Wildman–Crippen MR) is 99.3 cm³/mol. The summed E-state index contributed by atoms with van der Waals surface area (Å²) in [6, 6.07) is 16.9. The van der Waals surface area contributed by atoms with Gasteiger partial charge in [-0.05, 0) is 55.7 Å². The van der Waals surface area contributed by atoms with E-state index in [2.05, 4.69) is 73.5 Å². The van der Waals surface area contributed by atoms with Gasteiger partial charge in [0.2, 0.25) is 0 Å². The Balaban J connectivity index is 2.06. The summed E-state index contributed by atoms with van der Waals surface area (Å²) in [5, 5.41) is 4.14. The van der Waals surface area contributed by atoms with E-state index in [9.17, 15) is 0 Å². The second-order valence-corrected chi connectivity index (χ2v) is 6.09. The highest BCUT2D eigenvalue weighted by molar-refractivity contribution is 7.80. The molecule has 0 unspecified atom stereocenters. The molecule has 0 fully saturated rings. The van der Waals surface area contributed by atoms with Crippen molar-refractivity contribution in [2.45, 2.75) is 33.7 Å². The topological polar surface area (TPSA) is 15.3 Å². The molecule has 0 bridgehead atoms. The maximum absolute atomic E-state index is 5.61. The summed E-state index contributed by atoms with van der Waals surface area (Å²) in [6.45, 7) is 8.16. The standard InChI is InChI=1S/C19H24N2S/c1-4-12-21(14-17-10-8-15(2)9-11-17)19(22)20-18-7-5-6-16(3)13-18/h5-11,13H,4,12,14H2,1-3H3,(H,20,22). The van der Waals surface area contributed by atoms with Crippen LogP contribution < -0.4 is 5.32 Å². The number of benzene rings is 2. The number of anilines is 1. The Morgan fingerprint density at radius 2 is 1.77 bits per heavy atom. The van der Waals surface area contributed by atoms with Crippen LogP contribution in [0.1, 0.15) is 30.0 Å². The zero-order chi connectivity index (χ0) is 15.9. The third-order valence-corrected chi connectivity index (χ3v) is 3.90. The van der Waals surface area contributed by atoms with Crippen LogP contribution in [0.4, 0.5) is 5.69 Å².